The number of aromatic nitrogens is 7. The minimum absolute atomic E-state index is 0.547. The SMILES string of the molecule is N#Cc1cccc(-c2cc(-n3c4cc(-c5cccnc5-c5ccccc5)ccc4c4ccc(-c5cccnc5-c5ccccc5)cc43)ncc2-n2c3cc(-c4cccnc4-c4ccccc4)ccc3c3ccc(-c4cccnc4-c4ccccc4)cc32)c1. The Balaban J connectivity index is 0.981. The second-order valence-corrected chi connectivity index (χ2v) is 21.9. The van der Waals surface area contributed by atoms with Crippen molar-refractivity contribution in [2.24, 2.45) is 0 Å². The molecule has 0 N–H and O–H groups in total. The molecule has 0 radical (unpaired) electrons. The lowest BCUT2D eigenvalue weighted by atomic mass is 9.97. The number of benzene rings is 9. The standard InChI is InChI=1S/C80H50N8/c81-50-52-18-13-27-57(44-52)70-49-76(88-73-47-60(64-30-16-42-84-79(64)55-23-9-3-10-24-55)34-38-68(73)69-39-35-61(48-74(69)88)65-31-17-43-85-80(65)56-25-11-4-12-26-56)86-51-75(70)87-71-45-58(62-28-14-40-82-77(62)53-19-5-1-6-20-53)32-36-66(71)67-37-33-59(46-72(67)87)63-29-15-41-83-78(63)54-21-7-2-8-22-54/h1-49,51H. The molecule has 0 saturated carbocycles. The molecule has 88 heavy (non-hydrogen) atoms. The number of fused-ring (bicyclic) bond motifs is 6. The smallest absolute Gasteiger partial charge is 0.138 e. The van der Waals surface area contributed by atoms with Crippen LogP contribution in [0.3, 0.4) is 0 Å². The molecule has 0 fully saturated rings. The molecule has 16 rings (SSSR count). The summed E-state index contributed by atoms with van der Waals surface area (Å²) in [7, 11) is 0. The Labute approximate surface area is 507 Å². The monoisotopic (exact) mass is 1120 g/mol. The molecule has 9 aromatic carbocycles. The highest BCUT2D eigenvalue weighted by Gasteiger charge is 2.24. The van der Waals surface area contributed by atoms with Gasteiger partial charge in [0.1, 0.15) is 5.82 Å². The highest BCUT2D eigenvalue weighted by Crippen LogP contribution is 2.45. The topological polar surface area (TPSA) is 98.1 Å². The van der Waals surface area contributed by atoms with E-state index in [4.69, 9.17) is 24.9 Å². The Bertz CT molecular complexity index is 5110. The summed E-state index contributed by atoms with van der Waals surface area (Å²) in [5.74, 6) is 0.701. The average Bonchev–Trinajstić information content (AvgIpc) is 1.70. The van der Waals surface area contributed by atoms with E-state index >= 15 is 0 Å². The Morgan fingerprint density at radius 1 is 0.261 bits per heavy atom. The van der Waals surface area contributed by atoms with E-state index in [-0.39, 0.29) is 0 Å². The lowest BCUT2D eigenvalue weighted by molar-refractivity contribution is 1.06. The second-order valence-electron chi connectivity index (χ2n) is 21.9. The second kappa shape index (κ2) is 21.8. The first-order chi connectivity index (χ1) is 43.6. The number of hydrogen-bond acceptors (Lipinski definition) is 6. The fourth-order valence-corrected chi connectivity index (χ4v) is 12.8. The highest BCUT2D eigenvalue weighted by atomic mass is 15.1. The Morgan fingerprint density at radius 2 is 0.591 bits per heavy atom. The third kappa shape index (κ3) is 8.98. The Kier molecular flexibility index (Phi) is 12.7. The maximum absolute atomic E-state index is 10.6. The molecule has 0 amide bonds. The van der Waals surface area contributed by atoms with Gasteiger partial charge < -0.3 is 4.57 Å². The van der Waals surface area contributed by atoms with Gasteiger partial charge in [0.05, 0.1) is 68.4 Å². The molecule has 7 aromatic heterocycles. The van der Waals surface area contributed by atoms with Gasteiger partial charge in [0, 0.05) is 96.4 Å². The normalized spacial score (nSPS) is 11.4. The zero-order chi connectivity index (χ0) is 58.5. The van der Waals surface area contributed by atoms with E-state index in [1.807, 2.05) is 97.7 Å². The van der Waals surface area contributed by atoms with Gasteiger partial charge in [0.15, 0.2) is 0 Å². The summed E-state index contributed by atoms with van der Waals surface area (Å²) in [5, 5.41) is 14.9. The third-order valence-corrected chi connectivity index (χ3v) is 16.8. The van der Waals surface area contributed by atoms with Gasteiger partial charge in [-0.3, -0.25) is 24.5 Å². The molecular formula is C80H50N8. The summed E-state index contributed by atoms with van der Waals surface area (Å²) < 4.78 is 4.67. The molecule has 0 spiro atoms. The predicted octanol–water partition coefficient (Wildman–Crippen LogP) is 19.7. The first-order valence-corrected chi connectivity index (χ1v) is 29.3. The molecular weight excluding hydrogens is 1070 g/mol. The maximum Gasteiger partial charge on any atom is 0.138 e. The van der Waals surface area contributed by atoms with Gasteiger partial charge >= 0.3 is 0 Å². The number of nitriles is 1. The predicted molar refractivity (Wildman–Crippen MR) is 358 cm³/mol. The fourth-order valence-electron chi connectivity index (χ4n) is 12.8. The van der Waals surface area contributed by atoms with E-state index < -0.39 is 0 Å². The van der Waals surface area contributed by atoms with Crippen LogP contribution in [0.5, 0.6) is 0 Å². The fraction of sp³-hybridized carbons (Fsp3) is 0. The van der Waals surface area contributed by atoms with Gasteiger partial charge in [0.2, 0.25) is 0 Å². The van der Waals surface area contributed by atoms with Crippen molar-refractivity contribution in [1.82, 2.24) is 34.1 Å². The summed E-state index contributed by atoms with van der Waals surface area (Å²) in [5.41, 5.74) is 22.9. The molecule has 0 aliphatic heterocycles. The van der Waals surface area contributed by atoms with Gasteiger partial charge in [0.25, 0.3) is 0 Å². The van der Waals surface area contributed by atoms with Crippen molar-refractivity contribution in [2.45, 2.75) is 0 Å². The van der Waals surface area contributed by atoms with Crippen LogP contribution in [0, 0.1) is 11.3 Å². The van der Waals surface area contributed by atoms with E-state index in [0.717, 1.165) is 150 Å². The quantitative estimate of drug-likeness (QED) is 0.128. The molecule has 0 aliphatic carbocycles. The Morgan fingerprint density at radius 3 is 0.943 bits per heavy atom. The summed E-state index contributed by atoms with van der Waals surface area (Å²) in [6.45, 7) is 0. The van der Waals surface area contributed by atoms with Crippen LogP contribution in [0.1, 0.15) is 5.56 Å². The zero-order valence-electron chi connectivity index (χ0n) is 47.4. The summed E-state index contributed by atoms with van der Waals surface area (Å²) in [6.07, 6.45) is 9.47. The number of rotatable bonds is 11. The molecule has 8 heteroatoms. The van der Waals surface area contributed by atoms with Crippen LogP contribution in [0.4, 0.5) is 0 Å². The number of pyridine rings is 5. The van der Waals surface area contributed by atoms with Crippen molar-refractivity contribution in [3.05, 3.63) is 310 Å². The Hall–Kier alpha value is -12.2. The van der Waals surface area contributed by atoms with Crippen LogP contribution in [0.2, 0.25) is 0 Å². The first-order valence-electron chi connectivity index (χ1n) is 29.3. The summed E-state index contributed by atoms with van der Waals surface area (Å²) in [6, 6.07) is 97.6. The van der Waals surface area contributed by atoms with Gasteiger partial charge in [-0.05, 0) is 94.5 Å². The molecule has 16 aromatic rings. The van der Waals surface area contributed by atoms with Crippen molar-refractivity contribution >= 4 is 43.6 Å². The highest BCUT2D eigenvalue weighted by molar-refractivity contribution is 6.14. The van der Waals surface area contributed by atoms with Gasteiger partial charge in [-0.1, -0.05) is 206 Å². The van der Waals surface area contributed by atoms with E-state index in [1.165, 1.54) is 0 Å². The van der Waals surface area contributed by atoms with Crippen LogP contribution in [0.25, 0.3) is 156 Å². The molecule has 8 nitrogen and oxygen atoms in total. The largest absolute Gasteiger partial charge is 0.307 e. The van der Waals surface area contributed by atoms with Crippen LogP contribution in [0.15, 0.2) is 304 Å². The van der Waals surface area contributed by atoms with Crippen molar-refractivity contribution in [1.29, 1.82) is 5.26 Å². The molecule has 0 atom stereocenters. The van der Waals surface area contributed by atoms with E-state index in [0.29, 0.717) is 11.4 Å². The lowest BCUT2D eigenvalue weighted by Gasteiger charge is -2.18. The minimum atomic E-state index is 0.547. The van der Waals surface area contributed by atoms with Crippen LogP contribution >= 0.6 is 0 Å². The van der Waals surface area contributed by atoms with E-state index in [9.17, 15) is 5.26 Å². The maximum atomic E-state index is 10.6. The molecule has 0 unspecified atom stereocenters. The minimum Gasteiger partial charge on any atom is -0.307 e. The zero-order valence-corrected chi connectivity index (χ0v) is 47.4. The molecule has 0 aliphatic rings. The van der Waals surface area contributed by atoms with E-state index in [1.54, 1.807) is 0 Å². The molecule has 7 heterocycles. The number of nitrogens with zero attached hydrogens (tertiary/aromatic N) is 8. The van der Waals surface area contributed by atoms with E-state index in [2.05, 4.69) is 221 Å². The first kappa shape index (κ1) is 51.5. The third-order valence-electron chi connectivity index (χ3n) is 16.8. The summed E-state index contributed by atoms with van der Waals surface area (Å²) in [4.78, 5) is 25.5. The molecule has 0 bridgehead atoms. The van der Waals surface area contributed by atoms with Crippen LogP contribution in [-0.2, 0) is 0 Å². The molecule has 410 valence electrons. The van der Waals surface area contributed by atoms with Crippen molar-refractivity contribution in [2.75, 3.05) is 0 Å². The van der Waals surface area contributed by atoms with Gasteiger partial charge in [-0.15, -0.1) is 0 Å². The van der Waals surface area contributed by atoms with Gasteiger partial charge in [-0.25, -0.2) is 4.98 Å². The number of hydrogen-bond donors (Lipinski definition) is 0. The van der Waals surface area contributed by atoms with Crippen LogP contribution in [-0.4, -0.2) is 34.1 Å². The van der Waals surface area contributed by atoms with Crippen molar-refractivity contribution < 1.29 is 0 Å². The summed E-state index contributed by atoms with van der Waals surface area (Å²) >= 11 is 0. The lowest BCUT2D eigenvalue weighted by Crippen LogP contribution is -2.04. The van der Waals surface area contributed by atoms with Crippen molar-refractivity contribution in [3.8, 4) is 118 Å². The average molecular weight is 1120 g/mol. The molecule has 0 saturated heterocycles. The van der Waals surface area contributed by atoms with Crippen molar-refractivity contribution in [3.63, 3.8) is 0 Å². The van der Waals surface area contributed by atoms with Gasteiger partial charge in [-0.2, -0.15) is 5.26 Å². The van der Waals surface area contributed by atoms with Crippen LogP contribution < -0.4 is 0 Å².